The average Bonchev–Trinajstić information content (AvgIpc) is 2.30. The highest BCUT2D eigenvalue weighted by Crippen LogP contribution is 2.18. The molecule has 0 aliphatic rings. The van der Waals surface area contributed by atoms with Gasteiger partial charge >= 0.3 is 5.97 Å². The molecule has 0 amide bonds. The molecule has 0 radical (unpaired) electrons. The van der Waals surface area contributed by atoms with Gasteiger partial charge in [-0.15, -0.1) is 0 Å². The SMILES string of the molecule is CC(C)(O)c1nc(C(=O)O)co1. The van der Waals surface area contributed by atoms with Gasteiger partial charge in [0.2, 0.25) is 5.89 Å². The van der Waals surface area contributed by atoms with E-state index < -0.39 is 11.6 Å². The van der Waals surface area contributed by atoms with Crippen molar-refractivity contribution in [2.45, 2.75) is 19.4 Å². The van der Waals surface area contributed by atoms with Crippen molar-refractivity contribution in [1.82, 2.24) is 4.98 Å². The molecule has 1 aromatic rings. The predicted molar refractivity (Wildman–Crippen MR) is 38.7 cm³/mol. The zero-order valence-electron chi connectivity index (χ0n) is 6.74. The van der Waals surface area contributed by atoms with Gasteiger partial charge in [0.25, 0.3) is 0 Å². The molecule has 0 aliphatic heterocycles. The summed E-state index contributed by atoms with van der Waals surface area (Å²) in [6.45, 7) is 2.93. The van der Waals surface area contributed by atoms with Crippen molar-refractivity contribution in [2.24, 2.45) is 0 Å². The molecule has 0 unspecified atom stereocenters. The molecule has 5 heteroatoms. The summed E-state index contributed by atoms with van der Waals surface area (Å²) in [6.07, 6.45) is 0.996. The highest BCUT2D eigenvalue weighted by atomic mass is 16.4. The predicted octanol–water partition coefficient (Wildman–Crippen LogP) is 0.600. The van der Waals surface area contributed by atoms with Gasteiger partial charge in [-0.1, -0.05) is 0 Å². The third-order valence-electron chi connectivity index (χ3n) is 1.25. The van der Waals surface area contributed by atoms with Crippen LogP contribution in [0.2, 0.25) is 0 Å². The maximum Gasteiger partial charge on any atom is 0.357 e. The van der Waals surface area contributed by atoms with E-state index in [1.807, 2.05) is 0 Å². The Morgan fingerprint density at radius 2 is 2.25 bits per heavy atom. The molecule has 0 saturated heterocycles. The monoisotopic (exact) mass is 171 g/mol. The van der Waals surface area contributed by atoms with E-state index in [0.717, 1.165) is 6.26 Å². The van der Waals surface area contributed by atoms with Crippen LogP contribution >= 0.6 is 0 Å². The van der Waals surface area contributed by atoms with Crippen LogP contribution in [0.3, 0.4) is 0 Å². The van der Waals surface area contributed by atoms with Crippen LogP contribution in [0.4, 0.5) is 0 Å². The molecule has 0 bridgehead atoms. The van der Waals surface area contributed by atoms with Crippen LogP contribution in [0.1, 0.15) is 30.2 Å². The summed E-state index contributed by atoms with van der Waals surface area (Å²) in [5.74, 6) is -1.17. The summed E-state index contributed by atoms with van der Waals surface area (Å²) in [4.78, 5) is 13.9. The first-order valence-corrected chi connectivity index (χ1v) is 3.33. The van der Waals surface area contributed by atoms with Crippen molar-refractivity contribution in [3.8, 4) is 0 Å². The van der Waals surface area contributed by atoms with Gasteiger partial charge in [0, 0.05) is 0 Å². The summed E-state index contributed by atoms with van der Waals surface area (Å²) in [7, 11) is 0. The van der Waals surface area contributed by atoms with Crippen molar-refractivity contribution in [2.75, 3.05) is 0 Å². The van der Waals surface area contributed by atoms with Gasteiger partial charge in [-0.05, 0) is 13.8 Å². The highest BCUT2D eigenvalue weighted by molar-refractivity contribution is 5.84. The van der Waals surface area contributed by atoms with Crippen molar-refractivity contribution >= 4 is 5.97 Å². The molecule has 0 atom stereocenters. The van der Waals surface area contributed by atoms with Crippen molar-refractivity contribution in [3.63, 3.8) is 0 Å². The van der Waals surface area contributed by atoms with Gasteiger partial charge in [0.1, 0.15) is 11.9 Å². The Labute approximate surface area is 68.7 Å². The second-order valence-corrected chi connectivity index (χ2v) is 2.90. The largest absolute Gasteiger partial charge is 0.476 e. The minimum absolute atomic E-state index is 0.0000926. The van der Waals surface area contributed by atoms with Crippen LogP contribution < -0.4 is 0 Å². The summed E-state index contributed by atoms with van der Waals surface area (Å²) in [5.41, 5.74) is -1.44. The molecule has 12 heavy (non-hydrogen) atoms. The van der Waals surface area contributed by atoms with Gasteiger partial charge in [0.05, 0.1) is 0 Å². The molecule has 0 aromatic carbocycles. The van der Waals surface area contributed by atoms with Crippen LogP contribution in [0, 0.1) is 0 Å². The van der Waals surface area contributed by atoms with Gasteiger partial charge < -0.3 is 14.6 Å². The Balaban J connectivity index is 3.00. The Morgan fingerprint density at radius 3 is 2.50 bits per heavy atom. The standard InChI is InChI=1S/C7H9NO4/c1-7(2,11)6-8-4(3-12-6)5(9)10/h3,11H,1-2H3,(H,9,10). The number of nitrogens with zero attached hydrogens (tertiary/aromatic N) is 1. The van der Waals surface area contributed by atoms with Crippen molar-refractivity contribution < 1.29 is 19.4 Å². The number of carbonyl (C=O) groups is 1. The van der Waals surface area contributed by atoms with Gasteiger partial charge in [0.15, 0.2) is 5.69 Å². The maximum absolute atomic E-state index is 10.3. The van der Waals surface area contributed by atoms with Gasteiger partial charge in [-0.2, -0.15) is 0 Å². The summed E-state index contributed by atoms with van der Waals surface area (Å²) in [6, 6.07) is 0. The van der Waals surface area contributed by atoms with E-state index in [-0.39, 0.29) is 11.6 Å². The molecule has 1 heterocycles. The zero-order valence-corrected chi connectivity index (χ0v) is 6.74. The number of aliphatic hydroxyl groups is 1. The third kappa shape index (κ3) is 1.62. The lowest BCUT2D eigenvalue weighted by Crippen LogP contribution is -2.16. The first-order valence-electron chi connectivity index (χ1n) is 3.33. The fraction of sp³-hybridized carbons (Fsp3) is 0.429. The molecule has 66 valence electrons. The lowest BCUT2D eigenvalue weighted by atomic mass is 10.1. The molecule has 5 nitrogen and oxygen atoms in total. The zero-order chi connectivity index (χ0) is 9.35. The lowest BCUT2D eigenvalue weighted by molar-refractivity contribution is 0.0482. The number of carboxylic acids is 1. The highest BCUT2D eigenvalue weighted by Gasteiger charge is 2.23. The van der Waals surface area contributed by atoms with E-state index in [4.69, 9.17) is 9.52 Å². The normalized spacial score (nSPS) is 11.6. The van der Waals surface area contributed by atoms with Crippen LogP contribution in [0.5, 0.6) is 0 Å². The molecule has 0 spiro atoms. The fourth-order valence-electron chi connectivity index (χ4n) is 0.653. The number of hydrogen-bond donors (Lipinski definition) is 2. The third-order valence-corrected chi connectivity index (χ3v) is 1.25. The van der Waals surface area contributed by atoms with E-state index in [1.165, 1.54) is 13.8 Å². The molecular formula is C7H9NO4. The number of carboxylic acid groups (broad SMARTS) is 1. The molecule has 1 aromatic heterocycles. The van der Waals surface area contributed by atoms with E-state index in [0.29, 0.717) is 0 Å². The topological polar surface area (TPSA) is 83.6 Å². The number of rotatable bonds is 2. The van der Waals surface area contributed by atoms with Gasteiger partial charge in [-0.25, -0.2) is 9.78 Å². The Kier molecular flexibility index (Phi) is 1.89. The molecule has 2 N–H and O–H groups in total. The lowest BCUT2D eigenvalue weighted by Gasteiger charge is -2.10. The Bertz CT molecular complexity index is 297. The molecule has 0 saturated carbocycles. The quantitative estimate of drug-likeness (QED) is 0.680. The molecule has 1 rings (SSSR count). The summed E-state index contributed by atoms with van der Waals surface area (Å²) >= 11 is 0. The summed E-state index contributed by atoms with van der Waals surface area (Å²) < 4.78 is 4.75. The van der Waals surface area contributed by atoms with Crippen molar-refractivity contribution in [3.05, 3.63) is 17.8 Å². The minimum Gasteiger partial charge on any atom is -0.476 e. The van der Waals surface area contributed by atoms with Gasteiger partial charge in [-0.3, -0.25) is 0 Å². The fourth-order valence-corrected chi connectivity index (χ4v) is 0.653. The minimum atomic E-state index is -1.24. The summed E-state index contributed by atoms with van der Waals surface area (Å²) in [5, 5.41) is 17.8. The smallest absolute Gasteiger partial charge is 0.357 e. The van der Waals surface area contributed by atoms with Crippen LogP contribution in [-0.2, 0) is 5.60 Å². The maximum atomic E-state index is 10.3. The first kappa shape index (κ1) is 8.73. The van der Waals surface area contributed by atoms with Crippen LogP contribution in [0.25, 0.3) is 0 Å². The van der Waals surface area contributed by atoms with E-state index >= 15 is 0 Å². The van der Waals surface area contributed by atoms with E-state index in [1.54, 1.807) is 0 Å². The Morgan fingerprint density at radius 1 is 1.67 bits per heavy atom. The second-order valence-electron chi connectivity index (χ2n) is 2.90. The van der Waals surface area contributed by atoms with E-state index in [2.05, 4.69) is 4.98 Å². The molecule has 0 aliphatic carbocycles. The molecule has 0 fully saturated rings. The average molecular weight is 171 g/mol. The number of aromatic nitrogens is 1. The van der Waals surface area contributed by atoms with Crippen LogP contribution in [-0.4, -0.2) is 21.2 Å². The number of hydrogen-bond acceptors (Lipinski definition) is 4. The first-order chi connectivity index (χ1) is 5.41. The Hall–Kier alpha value is -1.36. The van der Waals surface area contributed by atoms with Crippen LogP contribution in [0.15, 0.2) is 10.7 Å². The second kappa shape index (κ2) is 2.60. The number of oxazole rings is 1. The van der Waals surface area contributed by atoms with Crippen molar-refractivity contribution in [1.29, 1.82) is 0 Å². The number of aromatic carboxylic acids is 1. The van der Waals surface area contributed by atoms with E-state index in [9.17, 15) is 9.90 Å². The molecular weight excluding hydrogens is 162 g/mol.